The quantitative estimate of drug-likeness (QED) is 0.870. The van der Waals surface area contributed by atoms with Gasteiger partial charge in [0.05, 0.1) is 18.3 Å². The van der Waals surface area contributed by atoms with Crippen molar-refractivity contribution in [3.8, 4) is 0 Å². The number of hydrogen-bond donors (Lipinski definition) is 2. The lowest BCUT2D eigenvalue weighted by atomic mass is 10.0. The average Bonchev–Trinajstić information content (AvgIpc) is 2.45. The van der Waals surface area contributed by atoms with Crippen LogP contribution in [0.15, 0.2) is 18.3 Å². The van der Waals surface area contributed by atoms with Gasteiger partial charge in [-0.15, -0.1) is 0 Å². The number of carbonyl (C=O) groups is 1. The van der Waals surface area contributed by atoms with Gasteiger partial charge in [0.1, 0.15) is 5.69 Å². The van der Waals surface area contributed by atoms with E-state index < -0.39 is 5.60 Å². The second kappa shape index (κ2) is 6.41. The lowest BCUT2D eigenvalue weighted by Crippen LogP contribution is -2.55. The molecule has 1 aliphatic heterocycles. The molecule has 1 amide bonds. The summed E-state index contributed by atoms with van der Waals surface area (Å²) in [6, 6.07) is 3.59. The molecule has 6 heteroatoms. The summed E-state index contributed by atoms with van der Waals surface area (Å²) in [5.41, 5.74) is 0.811. The lowest BCUT2D eigenvalue weighted by molar-refractivity contribution is -0.139. The Kier molecular flexibility index (Phi) is 4.80. The largest absolute Gasteiger partial charge is 0.394 e. The fourth-order valence-electron chi connectivity index (χ4n) is 2.57. The van der Waals surface area contributed by atoms with Crippen molar-refractivity contribution in [3.63, 3.8) is 0 Å². The maximum atomic E-state index is 12.6. The topological polar surface area (TPSA) is 74.7 Å². The number of hydrogen-bond acceptors (Lipinski definition) is 5. The van der Waals surface area contributed by atoms with E-state index in [2.05, 4.69) is 10.3 Å². The fourth-order valence-corrected chi connectivity index (χ4v) is 2.57. The number of carbonyl (C=O) groups excluding carboxylic acids is 1. The van der Waals surface area contributed by atoms with Crippen LogP contribution in [0.2, 0.25) is 0 Å². The van der Waals surface area contributed by atoms with Crippen LogP contribution < -0.4 is 5.32 Å². The summed E-state index contributed by atoms with van der Waals surface area (Å²) in [6.07, 6.45) is 1.27. The molecular formula is C15H23N3O3. The Labute approximate surface area is 125 Å². The SMILES string of the molecule is CCNc1ccnc(C(=O)N2CC(CO)OC(C)(C)C2)c1. The molecule has 116 valence electrons. The molecule has 1 saturated heterocycles. The predicted octanol–water partition coefficient (Wildman–Crippen LogP) is 1.13. The van der Waals surface area contributed by atoms with E-state index in [0.717, 1.165) is 12.2 Å². The van der Waals surface area contributed by atoms with E-state index in [9.17, 15) is 9.90 Å². The number of amides is 1. The van der Waals surface area contributed by atoms with Gasteiger partial charge < -0.3 is 20.1 Å². The number of aliphatic hydroxyl groups excluding tert-OH is 1. The molecule has 0 bridgehead atoms. The molecule has 1 unspecified atom stereocenters. The van der Waals surface area contributed by atoms with Crippen LogP contribution in [0, 0.1) is 0 Å². The molecule has 0 aliphatic carbocycles. The maximum Gasteiger partial charge on any atom is 0.272 e. The summed E-state index contributed by atoms with van der Waals surface area (Å²) in [4.78, 5) is 18.5. The third-order valence-electron chi connectivity index (χ3n) is 3.33. The molecule has 1 atom stereocenters. The summed E-state index contributed by atoms with van der Waals surface area (Å²) in [7, 11) is 0. The normalized spacial score (nSPS) is 21.1. The highest BCUT2D eigenvalue weighted by atomic mass is 16.5. The number of aliphatic hydroxyl groups is 1. The number of nitrogens with zero attached hydrogens (tertiary/aromatic N) is 2. The van der Waals surface area contributed by atoms with Gasteiger partial charge in [-0.25, -0.2) is 0 Å². The van der Waals surface area contributed by atoms with Crippen molar-refractivity contribution in [2.45, 2.75) is 32.5 Å². The molecule has 1 aliphatic rings. The van der Waals surface area contributed by atoms with Crippen molar-refractivity contribution in [3.05, 3.63) is 24.0 Å². The van der Waals surface area contributed by atoms with Gasteiger partial charge in [0.2, 0.25) is 0 Å². The van der Waals surface area contributed by atoms with Gasteiger partial charge in [-0.05, 0) is 32.9 Å². The van der Waals surface area contributed by atoms with Gasteiger partial charge in [0, 0.05) is 31.5 Å². The highest BCUT2D eigenvalue weighted by molar-refractivity contribution is 5.93. The second-order valence-corrected chi connectivity index (χ2v) is 5.83. The molecular weight excluding hydrogens is 270 g/mol. The molecule has 0 radical (unpaired) electrons. The minimum absolute atomic E-state index is 0.0991. The van der Waals surface area contributed by atoms with Gasteiger partial charge in [-0.1, -0.05) is 0 Å². The van der Waals surface area contributed by atoms with Gasteiger partial charge in [-0.3, -0.25) is 9.78 Å². The summed E-state index contributed by atoms with van der Waals surface area (Å²) in [5, 5.41) is 12.5. The van der Waals surface area contributed by atoms with Crippen molar-refractivity contribution in [2.75, 3.05) is 31.6 Å². The molecule has 0 aromatic carbocycles. The minimum Gasteiger partial charge on any atom is -0.394 e. The Bertz CT molecular complexity index is 505. The maximum absolute atomic E-state index is 12.6. The van der Waals surface area contributed by atoms with Crippen LogP contribution in [-0.4, -0.2) is 58.8 Å². The Morgan fingerprint density at radius 2 is 2.38 bits per heavy atom. The summed E-state index contributed by atoms with van der Waals surface area (Å²) >= 11 is 0. The van der Waals surface area contributed by atoms with Crippen LogP contribution in [0.3, 0.4) is 0 Å². The molecule has 2 rings (SSSR count). The number of rotatable bonds is 4. The third kappa shape index (κ3) is 3.92. The molecule has 1 aromatic rings. The van der Waals surface area contributed by atoms with E-state index in [0.29, 0.717) is 18.8 Å². The number of anilines is 1. The van der Waals surface area contributed by atoms with Crippen molar-refractivity contribution >= 4 is 11.6 Å². The van der Waals surface area contributed by atoms with Crippen LogP contribution in [-0.2, 0) is 4.74 Å². The molecule has 1 aromatic heterocycles. The van der Waals surface area contributed by atoms with E-state index in [1.54, 1.807) is 17.2 Å². The molecule has 6 nitrogen and oxygen atoms in total. The first-order chi connectivity index (χ1) is 9.95. The Morgan fingerprint density at radius 3 is 3.05 bits per heavy atom. The van der Waals surface area contributed by atoms with Crippen LogP contribution in [0.1, 0.15) is 31.3 Å². The fraction of sp³-hybridized carbons (Fsp3) is 0.600. The van der Waals surface area contributed by atoms with Crippen molar-refractivity contribution < 1.29 is 14.6 Å². The van der Waals surface area contributed by atoms with Crippen molar-refractivity contribution in [1.82, 2.24) is 9.88 Å². The highest BCUT2D eigenvalue weighted by Crippen LogP contribution is 2.22. The molecule has 2 heterocycles. The predicted molar refractivity (Wildman–Crippen MR) is 80.3 cm³/mol. The van der Waals surface area contributed by atoms with E-state index >= 15 is 0 Å². The number of aromatic nitrogens is 1. The minimum atomic E-state index is -0.472. The van der Waals surface area contributed by atoms with Gasteiger partial charge in [0.15, 0.2) is 0 Å². The number of nitrogens with one attached hydrogen (secondary N) is 1. The first-order valence-electron chi connectivity index (χ1n) is 7.23. The van der Waals surface area contributed by atoms with Crippen LogP contribution in [0.5, 0.6) is 0 Å². The highest BCUT2D eigenvalue weighted by Gasteiger charge is 2.35. The second-order valence-electron chi connectivity index (χ2n) is 5.83. The Morgan fingerprint density at radius 1 is 1.62 bits per heavy atom. The van der Waals surface area contributed by atoms with Crippen molar-refractivity contribution in [1.29, 1.82) is 0 Å². The average molecular weight is 293 g/mol. The summed E-state index contributed by atoms with van der Waals surface area (Å²) < 4.78 is 5.72. The zero-order valence-corrected chi connectivity index (χ0v) is 12.8. The summed E-state index contributed by atoms with van der Waals surface area (Å²) in [5.74, 6) is -0.135. The van der Waals surface area contributed by atoms with Gasteiger partial charge in [0.25, 0.3) is 5.91 Å². The van der Waals surface area contributed by atoms with E-state index in [-0.39, 0.29) is 18.6 Å². The Hall–Kier alpha value is -1.66. The number of morpholine rings is 1. The van der Waals surface area contributed by atoms with Crippen LogP contribution >= 0.6 is 0 Å². The zero-order chi connectivity index (χ0) is 15.5. The van der Waals surface area contributed by atoms with Crippen LogP contribution in [0.25, 0.3) is 0 Å². The van der Waals surface area contributed by atoms with E-state index in [1.165, 1.54) is 0 Å². The first kappa shape index (κ1) is 15.7. The lowest BCUT2D eigenvalue weighted by Gasteiger charge is -2.42. The van der Waals surface area contributed by atoms with E-state index in [1.807, 2.05) is 26.8 Å². The summed E-state index contributed by atoms with van der Waals surface area (Å²) in [6.45, 7) is 7.38. The first-order valence-corrected chi connectivity index (χ1v) is 7.23. The smallest absolute Gasteiger partial charge is 0.272 e. The number of ether oxygens (including phenoxy) is 1. The van der Waals surface area contributed by atoms with E-state index in [4.69, 9.17) is 4.74 Å². The standard InChI is InChI=1S/C15H23N3O3/c1-4-16-11-5-6-17-13(7-11)14(20)18-8-12(9-19)21-15(2,3)10-18/h5-7,12,19H,4,8-10H2,1-3H3,(H,16,17). The molecule has 21 heavy (non-hydrogen) atoms. The van der Waals surface area contributed by atoms with Gasteiger partial charge >= 0.3 is 0 Å². The molecule has 2 N–H and O–H groups in total. The van der Waals surface area contributed by atoms with Gasteiger partial charge in [-0.2, -0.15) is 0 Å². The Balaban J connectivity index is 2.16. The third-order valence-corrected chi connectivity index (χ3v) is 3.33. The zero-order valence-electron chi connectivity index (χ0n) is 12.8. The molecule has 0 saturated carbocycles. The molecule has 0 spiro atoms. The van der Waals surface area contributed by atoms with Crippen molar-refractivity contribution in [2.24, 2.45) is 0 Å². The van der Waals surface area contributed by atoms with Crippen LogP contribution in [0.4, 0.5) is 5.69 Å². The molecule has 1 fully saturated rings. The number of pyridine rings is 1. The monoisotopic (exact) mass is 293 g/mol.